The van der Waals surface area contributed by atoms with Gasteiger partial charge in [0, 0.05) is 45.5 Å². The fourth-order valence-corrected chi connectivity index (χ4v) is 8.37. The lowest BCUT2D eigenvalue weighted by Crippen LogP contribution is -2.71. The molecule has 0 bridgehead atoms. The van der Waals surface area contributed by atoms with Crippen LogP contribution in [0, 0.1) is 0 Å². The monoisotopic (exact) mass is 677 g/mol. The van der Waals surface area contributed by atoms with Crippen LogP contribution in [0.25, 0.3) is 0 Å². The summed E-state index contributed by atoms with van der Waals surface area (Å²) in [7, 11) is 0. The van der Waals surface area contributed by atoms with Crippen molar-refractivity contribution in [2.24, 2.45) is 10.9 Å². The Morgan fingerprint density at radius 1 is 1.43 bits per heavy atom. The number of nitrogens with zero attached hydrogens (tertiary/aromatic N) is 4. The number of thiazole rings is 1. The number of hydrogen-bond donors (Lipinski definition) is 5. The Labute approximate surface area is 260 Å². The number of halogens is 2. The van der Waals surface area contributed by atoms with Crippen LogP contribution < -0.4 is 16.8 Å². The van der Waals surface area contributed by atoms with Crippen LogP contribution in [0.4, 0.5) is 9.52 Å². The Balaban J connectivity index is 1.51. The molecule has 42 heavy (non-hydrogen) atoms. The van der Waals surface area contributed by atoms with E-state index in [0.717, 1.165) is 26.7 Å². The molecule has 2 aliphatic rings. The SMILES string of the molecule is Nc1nc(/C(=N/OCCF)C(=O)N[C@@H]2C(=O)N3C(C(=O)O)=C(Sc4ccncc4CSCC(N)CO)CS[C@@H]23)c(Cl)s1. The third-order valence-corrected chi connectivity index (χ3v) is 10.6. The molecule has 1 unspecified atom stereocenters. The number of carboxylic acid groups (broad SMARTS) is 1. The maximum Gasteiger partial charge on any atom is 0.353 e. The number of pyridine rings is 1. The van der Waals surface area contributed by atoms with E-state index in [1.54, 1.807) is 18.5 Å². The van der Waals surface area contributed by atoms with E-state index in [2.05, 4.69) is 20.4 Å². The number of hydrogen-bond acceptors (Lipinski definition) is 14. The number of anilines is 1. The summed E-state index contributed by atoms with van der Waals surface area (Å²) in [4.78, 5) is 54.0. The highest BCUT2D eigenvalue weighted by Crippen LogP contribution is 2.46. The van der Waals surface area contributed by atoms with Gasteiger partial charge in [0.2, 0.25) is 0 Å². The molecule has 0 aliphatic carbocycles. The highest BCUT2D eigenvalue weighted by Gasteiger charge is 2.54. The van der Waals surface area contributed by atoms with Crippen LogP contribution in [0.15, 0.2) is 39.1 Å². The molecule has 3 atom stereocenters. The van der Waals surface area contributed by atoms with E-state index in [1.807, 2.05) is 0 Å². The van der Waals surface area contributed by atoms with Crippen molar-refractivity contribution < 1.29 is 33.8 Å². The molecule has 0 spiro atoms. The van der Waals surface area contributed by atoms with Crippen molar-refractivity contribution in [2.45, 2.75) is 28.1 Å². The highest BCUT2D eigenvalue weighted by molar-refractivity contribution is 8.06. The molecule has 0 saturated carbocycles. The summed E-state index contributed by atoms with van der Waals surface area (Å²) >= 11 is 11.0. The number of oxime groups is 1. The summed E-state index contributed by atoms with van der Waals surface area (Å²) in [6.07, 6.45) is 3.27. The second-order valence-corrected chi connectivity index (χ2v) is 13.5. The predicted octanol–water partition coefficient (Wildman–Crippen LogP) is 1.51. The lowest BCUT2D eigenvalue weighted by Gasteiger charge is -2.49. The number of alkyl halides is 1. The van der Waals surface area contributed by atoms with Gasteiger partial charge < -0.3 is 31.8 Å². The number of aliphatic hydroxyl groups excluding tert-OH is 1. The Kier molecular flexibility index (Phi) is 11.3. The summed E-state index contributed by atoms with van der Waals surface area (Å²) in [5.41, 5.74) is 11.6. The molecule has 4 rings (SSSR count). The van der Waals surface area contributed by atoms with E-state index in [9.17, 15) is 23.9 Å². The first kappa shape index (κ1) is 32.3. The van der Waals surface area contributed by atoms with Gasteiger partial charge in [0.25, 0.3) is 11.8 Å². The van der Waals surface area contributed by atoms with E-state index in [-0.39, 0.29) is 39.3 Å². The van der Waals surface area contributed by atoms with Crippen LogP contribution in [0.3, 0.4) is 0 Å². The quantitative estimate of drug-likeness (QED) is 0.0833. The zero-order valence-electron chi connectivity index (χ0n) is 21.6. The van der Waals surface area contributed by atoms with Gasteiger partial charge in [-0.05, 0) is 11.6 Å². The minimum absolute atomic E-state index is 0.0433. The van der Waals surface area contributed by atoms with Gasteiger partial charge in [0.15, 0.2) is 10.8 Å². The number of fused-ring (bicyclic) bond motifs is 1. The summed E-state index contributed by atoms with van der Waals surface area (Å²) in [6, 6.07) is 0.329. The minimum Gasteiger partial charge on any atom is -0.477 e. The number of carboxylic acids is 1. The second-order valence-electron chi connectivity index (χ2n) is 8.62. The highest BCUT2D eigenvalue weighted by atomic mass is 35.5. The second kappa shape index (κ2) is 14.7. The molecule has 0 aromatic carbocycles. The molecule has 1 saturated heterocycles. The van der Waals surface area contributed by atoms with Crippen molar-refractivity contribution in [2.75, 3.05) is 37.1 Å². The Bertz CT molecular complexity index is 1410. The molecule has 4 heterocycles. The number of β-lactam (4-membered cyclic amide) rings is 1. The Morgan fingerprint density at radius 3 is 2.88 bits per heavy atom. The summed E-state index contributed by atoms with van der Waals surface area (Å²) in [5, 5.41) is 24.8. The molecule has 2 aromatic heterocycles. The van der Waals surface area contributed by atoms with Gasteiger partial charge in [-0.25, -0.2) is 14.2 Å². The van der Waals surface area contributed by atoms with Crippen molar-refractivity contribution in [3.05, 3.63) is 44.7 Å². The summed E-state index contributed by atoms with van der Waals surface area (Å²) < 4.78 is 12.6. The molecule has 0 radical (unpaired) electrons. The Hall–Kier alpha value is -2.61. The van der Waals surface area contributed by atoms with Crippen LogP contribution in [0.5, 0.6) is 0 Å². The molecule has 19 heteroatoms. The lowest BCUT2D eigenvalue weighted by atomic mass is 10.0. The number of aromatic nitrogens is 2. The molecule has 2 aliphatic heterocycles. The Morgan fingerprint density at radius 2 is 2.21 bits per heavy atom. The molecular formula is C23H25ClFN7O6S4. The number of thioether (sulfide) groups is 3. The number of nitrogens with two attached hydrogens (primary N) is 2. The number of carbonyl (C=O) groups is 3. The molecule has 7 N–H and O–H groups in total. The van der Waals surface area contributed by atoms with E-state index >= 15 is 0 Å². The average Bonchev–Trinajstić information content (AvgIpc) is 3.31. The zero-order valence-corrected chi connectivity index (χ0v) is 25.6. The van der Waals surface area contributed by atoms with Gasteiger partial charge in [-0.1, -0.05) is 39.9 Å². The van der Waals surface area contributed by atoms with Gasteiger partial charge in [-0.2, -0.15) is 11.8 Å². The fourth-order valence-electron chi connectivity index (χ4n) is 3.81. The van der Waals surface area contributed by atoms with E-state index in [1.165, 1.54) is 35.3 Å². The van der Waals surface area contributed by atoms with Gasteiger partial charge in [-0.3, -0.25) is 19.5 Å². The molecule has 1 fully saturated rings. The van der Waals surface area contributed by atoms with Gasteiger partial charge in [0.1, 0.15) is 40.4 Å². The van der Waals surface area contributed by atoms with Gasteiger partial charge in [0.05, 0.1) is 6.61 Å². The van der Waals surface area contributed by atoms with E-state index < -0.39 is 48.2 Å². The molecule has 226 valence electrons. The largest absolute Gasteiger partial charge is 0.477 e. The number of amides is 2. The number of aliphatic carboxylic acids is 1. The number of rotatable bonds is 14. The molecule has 2 aromatic rings. The maximum atomic E-state index is 13.2. The number of nitrogen functional groups attached to an aromatic ring is 1. The number of aliphatic hydroxyl groups is 1. The smallest absolute Gasteiger partial charge is 0.353 e. The van der Waals surface area contributed by atoms with Gasteiger partial charge in [-0.15, -0.1) is 11.8 Å². The normalized spacial score (nSPS) is 19.3. The minimum atomic E-state index is -1.29. The maximum absolute atomic E-state index is 13.2. The lowest BCUT2D eigenvalue weighted by molar-refractivity contribution is -0.150. The van der Waals surface area contributed by atoms with Crippen molar-refractivity contribution in [1.82, 2.24) is 20.2 Å². The standard InChI is InChI=1S/C23H25ClFN7O6S4/c24-18-14(30-23(27)42-18)15(31-38-4-2-25)19(34)29-16-20(35)32-17(22(36)37)13(9-40-21(16)32)41-12-1-3-28-5-10(12)7-39-8-11(26)6-33/h1,3,5,11,16,21,33H,2,4,6-9,26H2,(H2,27,30)(H,29,34)(H,36,37)/b31-15-/t11?,16-,21+/m1/s1. The first-order valence-electron chi connectivity index (χ1n) is 12.1. The van der Waals surface area contributed by atoms with Crippen molar-refractivity contribution in [3.63, 3.8) is 0 Å². The molecule has 13 nitrogen and oxygen atoms in total. The average molecular weight is 678 g/mol. The van der Waals surface area contributed by atoms with Crippen molar-refractivity contribution in [3.8, 4) is 0 Å². The summed E-state index contributed by atoms with van der Waals surface area (Å²) in [6.45, 7) is -1.42. The van der Waals surface area contributed by atoms with Gasteiger partial charge >= 0.3 is 5.97 Å². The zero-order chi connectivity index (χ0) is 30.4. The van der Waals surface area contributed by atoms with E-state index in [4.69, 9.17) is 33.0 Å². The third kappa shape index (κ3) is 7.29. The molecule has 2 amide bonds. The first-order chi connectivity index (χ1) is 20.2. The molecular weight excluding hydrogens is 653 g/mol. The van der Waals surface area contributed by atoms with Crippen LogP contribution in [-0.2, 0) is 25.0 Å². The van der Waals surface area contributed by atoms with E-state index in [0.29, 0.717) is 16.4 Å². The summed E-state index contributed by atoms with van der Waals surface area (Å²) in [5.74, 6) is -1.46. The van der Waals surface area contributed by atoms with Crippen molar-refractivity contribution in [1.29, 1.82) is 0 Å². The van der Waals surface area contributed by atoms with Crippen LogP contribution >= 0.6 is 58.2 Å². The van der Waals surface area contributed by atoms with Crippen LogP contribution in [0.1, 0.15) is 11.3 Å². The number of nitrogens with one attached hydrogen (secondary N) is 1. The number of carbonyl (C=O) groups excluding carboxylic acids is 2. The van der Waals surface area contributed by atoms with Crippen LogP contribution in [-0.4, -0.2) is 97.4 Å². The van der Waals surface area contributed by atoms with Crippen molar-refractivity contribution >= 4 is 86.9 Å². The third-order valence-electron chi connectivity index (χ3n) is 5.70. The first-order valence-corrected chi connectivity index (χ1v) is 16.3. The fraction of sp³-hybridized carbons (Fsp3) is 0.391. The topological polar surface area (TPSA) is 206 Å². The predicted molar refractivity (Wildman–Crippen MR) is 161 cm³/mol. The van der Waals surface area contributed by atoms with Crippen LogP contribution in [0.2, 0.25) is 4.34 Å².